The van der Waals surface area contributed by atoms with E-state index in [9.17, 15) is 18.0 Å². The van der Waals surface area contributed by atoms with Crippen molar-refractivity contribution in [3.63, 3.8) is 0 Å². The molecule has 0 aliphatic rings. The molecule has 0 bridgehead atoms. The summed E-state index contributed by atoms with van der Waals surface area (Å²) in [6.07, 6.45) is 1.05. The smallest absolute Gasteiger partial charge is 0.244 e. The fraction of sp³-hybridized carbons (Fsp3) is 0.417. The molecule has 0 saturated carbocycles. The van der Waals surface area contributed by atoms with Crippen LogP contribution in [0.3, 0.4) is 0 Å². The number of hydrogen-bond acceptors (Lipinski definition) is 5. The summed E-state index contributed by atoms with van der Waals surface area (Å²) in [5.41, 5.74) is 1.11. The summed E-state index contributed by atoms with van der Waals surface area (Å²) in [7, 11) is -2.21. The highest BCUT2D eigenvalue weighted by molar-refractivity contribution is 9.10. The molecule has 8 nitrogen and oxygen atoms in total. The van der Waals surface area contributed by atoms with Crippen LogP contribution >= 0.6 is 15.9 Å². The summed E-state index contributed by atoms with van der Waals surface area (Å²) in [6.45, 7) is 5.74. The Morgan fingerprint density at radius 2 is 1.74 bits per heavy atom. The van der Waals surface area contributed by atoms with E-state index in [1.165, 1.54) is 4.90 Å². The molecule has 0 saturated heterocycles. The SMILES string of the molecule is COc1cccc(CN(C(=O)CN(c2ccc(Br)cc2)S(C)(=O)=O)C(C)C(=O)NCC(C)C)c1. The van der Waals surface area contributed by atoms with Crippen LogP contribution in [0.2, 0.25) is 0 Å². The van der Waals surface area contributed by atoms with Crippen LogP contribution in [0.25, 0.3) is 0 Å². The maximum absolute atomic E-state index is 13.5. The molecule has 0 aliphatic carbocycles. The molecule has 186 valence electrons. The van der Waals surface area contributed by atoms with Crippen LogP contribution in [0, 0.1) is 5.92 Å². The molecule has 1 unspecified atom stereocenters. The van der Waals surface area contributed by atoms with Gasteiger partial charge in [-0.25, -0.2) is 8.42 Å². The average Bonchev–Trinajstić information content (AvgIpc) is 2.78. The second kappa shape index (κ2) is 12.2. The number of halogens is 1. The van der Waals surface area contributed by atoms with Crippen molar-refractivity contribution in [2.75, 3.05) is 30.8 Å². The summed E-state index contributed by atoms with van der Waals surface area (Å²) < 4.78 is 32.2. The van der Waals surface area contributed by atoms with Crippen LogP contribution in [0.1, 0.15) is 26.3 Å². The number of methoxy groups -OCH3 is 1. The van der Waals surface area contributed by atoms with Gasteiger partial charge < -0.3 is 15.0 Å². The summed E-state index contributed by atoms with van der Waals surface area (Å²) in [5, 5.41) is 2.85. The highest BCUT2D eigenvalue weighted by atomic mass is 79.9. The summed E-state index contributed by atoms with van der Waals surface area (Å²) >= 11 is 3.33. The first-order chi connectivity index (χ1) is 15.9. The van der Waals surface area contributed by atoms with Crippen molar-refractivity contribution in [1.82, 2.24) is 10.2 Å². The van der Waals surface area contributed by atoms with E-state index in [0.29, 0.717) is 18.0 Å². The summed E-state index contributed by atoms with van der Waals surface area (Å²) in [4.78, 5) is 27.7. The number of anilines is 1. The predicted molar refractivity (Wildman–Crippen MR) is 137 cm³/mol. The number of amides is 2. The lowest BCUT2D eigenvalue weighted by molar-refractivity contribution is -0.139. The number of rotatable bonds is 11. The third kappa shape index (κ3) is 8.02. The average molecular weight is 555 g/mol. The first-order valence-electron chi connectivity index (χ1n) is 10.9. The van der Waals surface area contributed by atoms with Gasteiger partial charge in [-0.15, -0.1) is 0 Å². The second-order valence-corrected chi connectivity index (χ2v) is 11.3. The molecule has 0 radical (unpaired) electrons. The molecular weight excluding hydrogens is 522 g/mol. The first kappa shape index (κ1) is 27.7. The standard InChI is InChI=1S/C24H32BrN3O5S/c1-17(2)14-26-24(30)18(3)27(15-19-7-6-8-22(13-19)33-4)23(29)16-28(34(5,31)32)21-11-9-20(25)10-12-21/h6-13,17-18H,14-16H2,1-5H3,(H,26,30). The zero-order valence-corrected chi connectivity index (χ0v) is 22.5. The molecule has 0 aromatic heterocycles. The van der Waals surface area contributed by atoms with E-state index >= 15 is 0 Å². The van der Waals surface area contributed by atoms with Gasteiger partial charge >= 0.3 is 0 Å². The van der Waals surface area contributed by atoms with Crippen molar-refractivity contribution < 1.29 is 22.7 Å². The van der Waals surface area contributed by atoms with Crippen molar-refractivity contribution in [2.24, 2.45) is 5.92 Å². The molecule has 2 amide bonds. The predicted octanol–water partition coefficient (Wildman–Crippen LogP) is 3.41. The van der Waals surface area contributed by atoms with Gasteiger partial charge in [0.15, 0.2) is 0 Å². The summed E-state index contributed by atoms with van der Waals surface area (Å²) in [5.74, 6) is 0.0640. The largest absolute Gasteiger partial charge is 0.497 e. The fourth-order valence-electron chi connectivity index (χ4n) is 3.22. The van der Waals surface area contributed by atoms with Gasteiger partial charge in [-0.3, -0.25) is 13.9 Å². The molecule has 0 fully saturated rings. The Morgan fingerprint density at radius 1 is 1.09 bits per heavy atom. The number of hydrogen-bond donors (Lipinski definition) is 1. The van der Waals surface area contributed by atoms with Gasteiger partial charge in [-0.2, -0.15) is 0 Å². The molecule has 0 aliphatic heterocycles. The Kier molecular flexibility index (Phi) is 9.93. The third-order valence-corrected chi connectivity index (χ3v) is 6.80. The fourth-order valence-corrected chi connectivity index (χ4v) is 4.34. The Balaban J connectivity index is 2.37. The third-order valence-electron chi connectivity index (χ3n) is 5.13. The van der Waals surface area contributed by atoms with E-state index in [2.05, 4.69) is 21.2 Å². The molecule has 34 heavy (non-hydrogen) atoms. The lowest BCUT2D eigenvalue weighted by Crippen LogP contribution is -2.51. The molecule has 0 heterocycles. The van der Waals surface area contributed by atoms with Gasteiger partial charge in [0.1, 0.15) is 18.3 Å². The maximum Gasteiger partial charge on any atom is 0.244 e. The maximum atomic E-state index is 13.5. The van der Waals surface area contributed by atoms with Crippen molar-refractivity contribution in [2.45, 2.75) is 33.4 Å². The zero-order chi connectivity index (χ0) is 25.5. The Morgan fingerprint density at radius 3 is 2.29 bits per heavy atom. The van der Waals surface area contributed by atoms with Crippen LogP contribution in [-0.4, -0.2) is 57.6 Å². The van der Waals surface area contributed by atoms with E-state index in [1.54, 1.807) is 56.5 Å². The molecule has 1 N–H and O–H groups in total. The van der Waals surface area contributed by atoms with Crippen molar-refractivity contribution in [3.05, 3.63) is 58.6 Å². The van der Waals surface area contributed by atoms with Crippen molar-refractivity contribution in [1.29, 1.82) is 0 Å². The van der Waals surface area contributed by atoms with E-state index in [0.717, 1.165) is 20.6 Å². The lowest BCUT2D eigenvalue weighted by atomic mass is 10.1. The van der Waals surface area contributed by atoms with Crippen LogP contribution in [0.4, 0.5) is 5.69 Å². The molecule has 2 aromatic rings. The molecule has 1 atom stereocenters. The number of benzene rings is 2. The van der Waals surface area contributed by atoms with Gasteiger partial charge in [-0.1, -0.05) is 41.9 Å². The van der Waals surface area contributed by atoms with Crippen molar-refractivity contribution in [3.8, 4) is 5.75 Å². The van der Waals surface area contributed by atoms with Crippen LogP contribution < -0.4 is 14.4 Å². The minimum Gasteiger partial charge on any atom is -0.497 e. The van der Waals surface area contributed by atoms with E-state index < -0.39 is 28.5 Å². The first-order valence-corrected chi connectivity index (χ1v) is 13.5. The van der Waals surface area contributed by atoms with E-state index in [4.69, 9.17) is 4.74 Å². The normalized spacial score (nSPS) is 12.2. The van der Waals surface area contributed by atoms with Crippen LogP contribution in [0.5, 0.6) is 5.75 Å². The highest BCUT2D eigenvalue weighted by Crippen LogP contribution is 2.22. The minimum absolute atomic E-state index is 0.115. The van der Waals surface area contributed by atoms with Gasteiger partial charge in [-0.05, 0) is 54.8 Å². The molecule has 2 aromatic carbocycles. The molecule has 2 rings (SSSR count). The zero-order valence-electron chi connectivity index (χ0n) is 20.1. The minimum atomic E-state index is -3.76. The number of nitrogens with one attached hydrogen (secondary N) is 1. The number of sulfonamides is 1. The van der Waals surface area contributed by atoms with Gasteiger partial charge in [0.2, 0.25) is 21.8 Å². The topological polar surface area (TPSA) is 96.0 Å². The van der Waals surface area contributed by atoms with E-state index in [-0.39, 0.29) is 18.4 Å². The quantitative estimate of drug-likeness (QED) is 0.460. The van der Waals surface area contributed by atoms with Gasteiger partial charge in [0.05, 0.1) is 19.1 Å². The molecular formula is C24H32BrN3O5S. The molecule has 0 spiro atoms. The monoisotopic (exact) mass is 553 g/mol. The van der Waals surface area contributed by atoms with Gasteiger partial charge in [0, 0.05) is 17.6 Å². The summed E-state index contributed by atoms with van der Waals surface area (Å²) in [6, 6.07) is 13.0. The van der Waals surface area contributed by atoms with Gasteiger partial charge in [0.25, 0.3) is 0 Å². The number of carbonyl (C=O) groups is 2. The second-order valence-electron chi connectivity index (χ2n) is 8.43. The lowest BCUT2D eigenvalue weighted by Gasteiger charge is -2.31. The van der Waals surface area contributed by atoms with Crippen molar-refractivity contribution >= 4 is 43.5 Å². The highest BCUT2D eigenvalue weighted by Gasteiger charge is 2.30. The number of nitrogens with zero attached hydrogens (tertiary/aromatic N) is 2. The van der Waals surface area contributed by atoms with E-state index in [1.807, 2.05) is 19.9 Å². The number of carbonyl (C=O) groups excluding carboxylic acids is 2. The Labute approximate surface area is 210 Å². The van der Waals surface area contributed by atoms with Crippen LogP contribution in [-0.2, 0) is 26.2 Å². The molecule has 10 heteroatoms. The van der Waals surface area contributed by atoms with Crippen LogP contribution in [0.15, 0.2) is 53.0 Å². The Hall–Kier alpha value is -2.59. The Bertz CT molecular complexity index is 1090. The number of ether oxygens (including phenoxy) is 1.